The van der Waals surface area contributed by atoms with Gasteiger partial charge < -0.3 is 4.74 Å². The number of para-hydroxylation sites is 1. The molecule has 2 nitrogen and oxygen atoms in total. The summed E-state index contributed by atoms with van der Waals surface area (Å²) in [6.07, 6.45) is 1.13. The van der Waals surface area contributed by atoms with E-state index in [-0.39, 0.29) is 5.78 Å². The van der Waals surface area contributed by atoms with Crippen molar-refractivity contribution in [1.82, 2.24) is 0 Å². The molecule has 1 unspecified atom stereocenters. The fraction of sp³-hybridized carbons (Fsp3) is 0.278. The zero-order valence-corrected chi connectivity index (χ0v) is 12.0. The van der Waals surface area contributed by atoms with Crippen LogP contribution in [0.5, 0.6) is 5.75 Å². The lowest BCUT2D eigenvalue weighted by atomic mass is 10.0. The third kappa shape index (κ3) is 3.27. The van der Waals surface area contributed by atoms with Crippen LogP contribution in [0.2, 0.25) is 0 Å². The summed E-state index contributed by atoms with van der Waals surface area (Å²) in [6.45, 7) is 4.06. The Morgan fingerprint density at radius 1 is 1.00 bits per heavy atom. The van der Waals surface area contributed by atoms with Crippen molar-refractivity contribution in [2.45, 2.75) is 32.8 Å². The number of rotatable bonds is 6. The number of carbonyl (C=O) groups is 1. The fourth-order valence-electron chi connectivity index (χ4n) is 2.17. The van der Waals surface area contributed by atoms with Gasteiger partial charge in [-0.25, -0.2) is 0 Å². The minimum absolute atomic E-state index is 0.0407. The van der Waals surface area contributed by atoms with Crippen LogP contribution in [0.1, 0.15) is 36.2 Å². The molecule has 0 heterocycles. The van der Waals surface area contributed by atoms with E-state index in [2.05, 4.69) is 6.92 Å². The molecule has 0 saturated carbocycles. The minimum atomic E-state index is -0.426. The van der Waals surface area contributed by atoms with Gasteiger partial charge in [-0.15, -0.1) is 0 Å². The van der Waals surface area contributed by atoms with Crippen LogP contribution in [0.3, 0.4) is 0 Å². The molecular weight excluding hydrogens is 248 g/mol. The maximum Gasteiger partial charge on any atom is 0.203 e. The molecule has 2 aromatic carbocycles. The highest BCUT2D eigenvalue weighted by molar-refractivity contribution is 5.99. The molecule has 0 saturated heterocycles. The Kier molecular flexibility index (Phi) is 4.94. The lowest BCUT2D eigenvalue weighted by Crippen LogP contribution is -2.27. The molecule has 0 aliphatic carbocycles. The molecule has 2 aromatic rings. The number of aryl methyl sites for hydroxylation is 1. The van der Waals surface area contributed by atoms with Gasteiger partial charge in [-0.05, 0) is 24.5 Å². The van der Waals surface area contributed by atoms with Crippen molar-refractivity contribution in [2.24, 2.45) is 0 Å². The standard InChI is InChI=1S/C18H20O2/c1-3-14-10-8-9-13-17(14)20-16(4-2)18(19)15-11-6-5-7-12-15/h5-13,16H,3-4H2,1-2H3. The smallest absolute Gasteiger partial charge is 0.203 e. The highest BCUT2D eigenvalue weighted by Crippen LogP contribution is 2.22. The van der Waals surface area contributed by atoms with Crippen LogP contribution < -0.4 is 4.74 Å². The number of benzene rings is 2. The second-order valence-corrected chi connectivity index (χ2v) is 4.71. The van der Waals surface area contributed by atoms with Crippen molar-refractivity contribution in [3.05, 3.63) is 65.7 Å². The predicted molar refractivity (Wildman–Crippen MR) is 81.3 cm³/mol. The van der Waals surface area contributed by atoms with E-state index in [1.807, 2.05) is 61.5 Å². The van der Waals surface area contributed by atoms with Crippen LogP contribution in [0.15, 0.2) is 54.6 Å². The van der Waals surface area contributed by atoms with Crippen molar-refractivity contribution in [2.75, 3.05) is 0 Å². The highest BCUT2D eigenvalue weighted by atomic mass is 16.5. The lowest BCUT2D eigenvalue weighted by Gasteiger charge is -2.18. The number of ketones is 1. The minimum Gasteiger partial charge on any atom is -0.482 e. The summed E-state index contributed by atoms with van der Waals surface area (Å²) in [5.74, 6) is 0.852. The Hall–Kier alpha value is -2.09. The first-order valence-corrected chi connectivity index (χ1v) is 7.10. The molecular formula is C18H20O2. The largest absolute Gasteiger partial charge is 0.482 e. The van der Waals surface area contributed by atoms with Crippen LogP contribution in [0, 0.1) is 0 Å². The zero-order chi connectivity index (χ0) is 14.4. The molecule has 0 aliphatic heterocycles. The maximum atomic E-state index is 12.5. The molecule has 0 aliphatic rings. The summed E-state index contributed by atoms with van der Waals surface area (Å²) in [7, 11) is 0. The maximum absolute atomic E-state index is 12.5. The Morgan fingerprint density at radius 2 is 1.65 bits per heavy atom. The van der Waals surface area contributed by atoms with Crippen LogP contribution in [0.25, 0.3) is 0 Å². The van der Waals surface area contributed by atoms with Gasteiger partial charge in [0.05, 0.1) is 0 Å². The second-order valence-electron chi connectivity index (χ2n) is 4.71. The predicted octanol–water partition coefficient (Wildman–Crippen LogP) is 4.29. The van der Waals surface area contributed by atoms with Crippen molar-refractivity contribution in [3.8, 4) is 5.75 Å². The van der Waals surface area contributed by atoms with Gasteiger partial charge >= 0.3 is 0 Å². The normalized spacial score (nSPS) is 11.9. The summed E-state index contributed by atoms with van der Waals surface area (Å²) in [5.41, 5.74) is 1.83. The summed E-state index contributed by atoms with van der Waals surface area (Å²) >= 11 is 0. The van der Waals surface area contributed by atoms with Gasteiger partial charge in [-0.1, -0.05) is 62.4 Å². The quantitative estimate of drug-likeness (QED) is 0.730. The van der Waals surface area contributed by atoms with Crippen LogP contribution >= 0.6 is 0 Å². The Balaban J connectivity index is 2.19. The number of hydrogen-bond donors (Lipinski definition) is 0. The molecule has 1 atom stereocenters. The van der Waals surface area contributed by atoms with E-state index in [1.54, 1.807) is 0 Å². The van der Waals surface area contributed by atoms with Gasteiger partial charge in [0, 0.05) is 5.56 Å². The molecule has 0 N–H and O–H groups in total. The molecule has 0 bridgehead atoms. The van der Waals surface area contributed by atoms with Crippen LogP contribution in [-0.2, 0) is 6.42 Å². The lowest BCUT2D eigenvalue weighted by molar-refractivity contribution is 0.0785. The van der Waals surface area contributed by atoms with E-state index in [0.717, 1.165) is 17.7 Å². The summed E-state index contributed by atoms with van der Waals surface area (Å²) in [4.78, 5) is 12.5. The molecule has 104 valence electrons. The number of Topliss-reactive ketones (excluding diaryl/α,β-unsaturated/α-hetero) is 1. The fourth-order valence-corrected chi connectivity index (χ4v) is 2.17. The summed E-state index contributed by atoms with van der Waals surface area (Å²) < 4.78 is 5.95. The monoisotopic (exact) mass is 268 g/mol. The van der Waals surface area contributed by atoms with Crippen molar-refractivity contribution in [3.63, 3.8) is 0 Å². The number of hydrogen-bond acceptors (Lipinski definition) is 2. The summed E-state index contributed by atoms with van der Waals surface area (Å²) in [6, 6.07) is 17.2. The molecule has 0 spiro atoms. The Labute approximate surface area is 120 Å². The second kappa shape index (κ2) is 6.90. The first kappa shape index (κ1) is 14.3. The molecule has 0 radical (unpaired) electrons. The molecule has 2 heteroatoms. The SMILES string of the molecule is CCc1ccccc1OC(CC)C(=O)c1ccccc1. The van der Waals surface area contributed by atoms with Crippen LogP contribution in [0.4, 0.5) is 0 Å². The third-order valence-electron chi connectivity index (χ3n) is 3.34. The Bertz CT molecular complexity index is 561. The van der Waals surface area contributed by atoms with Crippen molar-refractivity contribution < 1.29 is 9.53 Å². The van der Waals surface area contributed by atoms with Gasteiger partial charge in [0.2, 0.25) is 5.78 Å². The topological polar surface area (TPSA) is 26.3 Å². The summed E-state index contributed by atoms with van der Waals surface area (Å²) in [5, 5.41) is 0. The van der Waals surface area contributed by atoms with Gasteiger partial charge in [0.1, 0.15) is 5.75 Å². The molecule has 0 aromatic heterocycles. The van der Waals surface area contributed by atoms with Gasteiger partial charge in [-0.3, -0.25) is 4.79 Å². The van der Waals surface area contributed by atoms with Gasteiger partial charge in [-0.2, -0.15) is 0 Å². The van der Waals surface area contributed by atoms with E-state index in [9.17, 15) is 4.79 Å². The molecule has 0 fully saturated rings. The number of carbonyl (C=O) groups excluding carboxylic acids is 1. The van der Waals surface area contributed by atoms with E-state index in [1.165, 1.54) is 0 Å². The molecule has 2 rings (SSSR count). The Morgan fingerprint density at radius 3 is 2.30 bits per heavy atom. The first-order valence-electron chi connectivity index (χ1n) is 7.10. The van der Waals surface area contributed by atoms with Crippen molar-refractivity contribution in [1.29, 1.82) is 0 Å². The zero-order valence-electron chi connectivity index (χ0n) is 12.0. The first-order chi connectivity index (χ1) is 9.76. The van der Waals surface area contributed by atoms with E-state index < -0.39 is 6.10 Å². The highest BCUT2D eigenvalue weighted by Gasteiger charge is 2.20. The van der Waals surface area contributed by atoms with Gasteiger partial charge in [0.15, 0.2) is 6.10 Å². The third-order valence-corrected chi connectivity index (χ3v) is 3.34. The average molecular weight is 268 g/mol. The average Bonchev–Trinajstić information content (AvgIpc) is 2.53. The molecule has 20 heavy (non-hydrogen) atoms. The molecule has 0 amide bonds. The van der Waals surface area contributed by atoms with E-state index in [4.69, 9.17) is 4.74 Å². The van der Waals surface area contributed by atoms with Crippen molar-refractivity contribution >= 4 is 5.78 Å². The van der Waals surface area contributed by atoms with Gasteiger partial charge in [0.25, 0.3) is 0 Å². The van der Waals surface area contributed by atoms with E-state index >= 15 is 0 Å². The van der Waals surface area contributed by atoms with Crippen LogP contribution in [-0.4, -0.2) is 11.9 Å². The van der Waals surface area contributed by atoms with E-state index in [0.29, 0.717) is 12.0 Å². The number of ether oxygens (including phenoxy) is 1.